The second-order valence-electron chi connectivity index (χ2n) is 16.3. The normalized spacial score (nSPS) is 16.6. The molecule has 15 nitrogen and oxygen atoms in total. The van der Waals surface area contributed by atoms with Gasteiger partial charge in [-0.1, -0.05) is 47.3 Å². The number of amidine groups is 1. The number of aryl methyl sites for hydroxylation is 2. The summed E-state index contributed by atoms with van der Waals surface area (Å²) in [5, 5.41) is 29.6. The van der Waals surface area contributed by atoms with Gasteiger partial charge in [0, 0.05) is 108 Å². The largest absolute Gasteiger partial charge is 0.478 e. The Hall–Kier alpha value is -5.72. The Bertz CT molecular complexity index is 2530. The van der Waals surface area contributed by atoms with Crippen LogP contribution in [0.1, 0.15) is 59.9 Å². The van der Waals surface area contributed by atoms with Crippen molar-refractivity contribution in [2.24, 2.45) is 4.99 Å². The predicted octanol–water partition coefficient (Wildman–Crippen LogP) is 6.16. The number of nitrogens with zero attached hydrogens (tertiary/aromatic N) is 7. The number of carboxylic acid groups (broad SMARTS) is 2. The number of hydrogen-bond donors (Lipinski definition) is 3. The molecule has 4 aliphatic rings. The third kappa shape index (κ3) is 12.6. The minimum absolute atomic E-state index is 0.0898. The fourth-order valence-corrected chi connectivity index (χ4v) is 9.56. The van der Waals surface area contributed by atoms with Crippen molar-refractivity contribution in [3.8, 4) is 0 Å². The molecule has 0 unspecified atom stereocenters. The van der Waals surface area contributed by atoms with Crippen LogP contribution in [0.15, 0.2) is 103 Å². The summed E-state index contributed by atoms with van der Waals surface area (Å²) in [6, 6.07) is 21.6. The molecule has 6 heterocycles. The average Bonchev–Trinajstić information content (AvgIpc) is 3.65. The lowest BCUT2D eigenvalue weighted by atomic mass is 9.91. The number of piperidine rings is 1. The van der Waals surface area contributed by atoms with E-state index in [1.807, 2.05) is 11.5 Å². The van der Waals surface area contributed by atoms with Crippen molar-refractivity contribution in [2.45, 2.75) is 67.7 Å². The number of aliphatic hydroxyl groups is 1. The van der Waals surface area contributed by atoms with Gasteiger partial charge in [0.15, 0.2) is 5.58 Å². The van der Waals surface area contributed by atoms with Gasteiger partial charge in [-0.3, -0.25) is 14.3 Å². The molecule has 5 aromatic rings. The van der Waals surface area contributed by atoms with E-state index < -0.39 is 11.9 Å². The summed E-state index contributed by atoms with van der Waals surface area (Å²) in [7, 11) is 0. The highest BCUT2D eigenvalue weighted by molar-refractivity contribution is 7.99. The average molecular weight is 910 g/mol. The van der Waals surface area contributed by atoms with E-state index in [1.54, 1.807) is 17.8 Å². The van der Waals surface area contributed by atoms with E-state index in [4.69, 9.17) is 34.6 Å². The molecule has 9 rings (SSSR count). The van der Waals surface area contributed by atoms with E-state index in [9.17, 15) is 18.8 Å². The van der Waals surface area contributed by atoms with Crippen LogP contribution in [0.25, 0.3) is 11.0 Å². The number of aromatic nitrogens is 3. The SMILES string of the molecule is Cc1nc2n(c(=O)c1CCN1CCC(c3noc4cc(F)ccc34)CC1)CCCC2.O=C(O)/C=C/C(=O)O.OCCOCCN1CCN(C2=Nc3ccccc3Sc3ccccc32)CC1. The second kappa shape index (κ2) is 22.9. The van der Waals surface area contributed by atoms with Crippen molar-refractivity contribution >= 4 is 46.2 Å². The number of ether oxygens (including phenoxy) is 1. The summed E-state index contributed by atoms with van der Waals surface area (Å²) in [5.41, 5.74) is 5.65. The molecule has 2 saturated heterocycles. The lowest BCUT2D eigenvalue weighted by molar-refractivity contribution is -0.134. The number of fused-ring (bicyclic) bond motifs is 4. The quantitative estimate of drug-likeness (QED) is 0.101. The van der Waals surface area contributed by atoms with E-state index in [1.165, 1.54) is 27.5 Å². The molecule has 3 aromatic carbocycles. The van der Waals surface area contributed by atoms with E-state index in [-0.39, 0.29) is 18.0 Å². The third-order valence-corrected chi connectivity index (χ3v) is 13.1. The van der Waals surface area contributed by atoms with Crippen molar-refractivity contribution in [1.29, 1.82) is 0 Å². The van der Waals surface area contributed by atoms with Gasteiger partial charge in [0.1, 0.15) is 17.5 Å². The van der Waals surface area contributed by atoms with Crippen molar-refractivity contribution in [3.63, 3.8) is 0 Å². The van der Waals surface area contributed by atoms with Gasteiger partial charge in [-0.05, 0) is 82.4 Å². The monoisotopic (exact) mass is 909 g/mol. The first-order valence-corrected chi connectivity index (χ1v) is 23.0. The van der Waals surface area contributed by atoms with Crippen LogP contribution in [-0.2, 0) is 33.7 Å². The van der Waals surface area contributed by atoms with Crippen LogP contribution in [0.4, 0.5) is 10.1 Å². The predicted molar refractivity (Wildman–Crippen MR) is 246 cm³/mol. The Morgan fingerprint density at radius 1 is 0.877 bits per heavy atom. The maximum absolute atomic E-state index is 13.4. The van der Waals surface area contributed by atoms with Gasteiger partial charge < -0.3 is 34.4 Å². The zero-order valence-electron chi connectivity index (χ0n) is 36.6. The third-order valence-electron chi connectivity index (χ3n) is 12.0. The molecule has 344 valence electrons. The Kier molecular flexibility index (Phi) is 16.7. The summed E-state index contributed by atoms with van der Waals surface area (Å²) in [4.78, 5) is 51.5. The number of carbonyl (C=O) groups is 2. The zero-order chi connectivity index (χ0) is 45.7. The van der Waals surface area contributed by atoms with Crippen molar-refractivity contribution in [2.75, 3.05) is 72.2 Å². The number of para-hydroxylation sites is 1. The maximum atomic E-state index is 13.4. The van der Waals surface area contributed by atoms with Crippen molar-refractivity contribution < 1.29 is 38.6 Å². The Balaban J connectivity index is 0.000000167. The first-order chi connectivity index (χ1) is 31.6. The minimum Gasteiger partial charge on any atom is -0.478 e. The number of piperazine rings is 1. The number of rotatable bonds is 11. The Morgan fingerprint density at radius 2 is 1.58 bits per heavy atom. The Labute approximate surface area is 381 Å². The van der Waals surface area contributed by atoms with Gasteiger partial charge in [0.2, 0.25) is 0 Å². The standard InChI is InChI=1S/C23H27FN4O2.C21H25N3O2S.C4H4O4/c1-15-18(23(29)28-10-3-2-4-21(28)25-15)9-13-27-11-7-16(8-12-27)22-19-6-5-17(24)14-20(19)30-26-22;25-14-16-26-15-13-23-9-11-24(12-10-23)21-17-5-1-3-7-19(17)27-20-8-4-2-6-18(20)22-21;5-3(6)1-2-4(7)8/h5-6,14,16H,2-4,7-13H2,1H3;1-8,25H,9-16H2;1-2H,(H,5,6)(H,7,8)/b;;2-1+. The number of halogens is 1. The molecule has 0 spiro atoms. The van der Waals surface area contributed by atoms with Gasteiger partial charge in [-0.25, -0.2) is 24.0 Å². The molecule has 65 heavy (non-hydrogen) atoms. The summed E-state index contributed by atoms with van der Waals surface area (Å²) in [6.45, 7) is 11.6. The molecule has 17 heteroatoms. The lowest BCUT2D eigenvalue weighted by Crippen LogP contribution is -2.49. The molecule has 2 aromatic heterocycles. The second-order valence-corrected chi connectivity index (χ2v) is 17.3. The number of likely N-dealkylation sites (tertiary alicyclic amines) is 1. The molecule has 0 aliphatic carbocycles. The lowest BCUT2D eigenvalue weighted by Gasteiger charge is -2.36. The number of aliphatic hydroxyl groups excluding tert-OH is 1. The smallest absolute Gasteiger partial charge is 0.328 e. The number of hydrogen-bond acceptors (Lipinski definition) is 13. The molecule has 0 amide bonds. The van der Waals surface area contributed by atoms with Crippen LogP contribution >= 0.6 is 11.8 Å². The fraction of sp³-hybridized carbons (Fsp3) is 0.417. The summed E-state index contributed by atoms with van der Waals surface area (Å²) in [6.07, 6.45) is 6.93. The van der Waals surface area contributed by atoms with Crippen LogP contribution in [0.5, 0.6) is 0 Å². The number of aliphatic carboxylic acids is 2. The van der Waals surface area contributed by atoms with Gasteiger partial charge in [0.05, 0.1) is 31.2 Å². The van der Waals surface area contributed by atoms with Crippen LogP contribution in [0, 0.1) is 12.7 Å². The highest BCUT2D eigenvalue weighted by atomic mass is 32.2. The highest BCUT2D eigenvalue weighted by Gasteiger charge is 2.27. The Morgan fingerprint density at radius 3 is 2.32 bits per heavy atom. The zero-order valence-corrected chi connectivity index (χ0v) is 37.4. The van der Waals surface area contributed by atoms with E-state index >= 15 is 0 Å². The number of aliphatic imine (C=N–C) groups is 1. The molecule has 0 atom stereocenters. The molecule has 2 fully saturated rings. The highest BCUT2D eigenvalue weighted by Crippen LogP contribution is 2.40. The molecule has 0 bridgehead atoms. The van der Waals surface area contributed by atoms with Gasteiger partial charge in [-0.2, -0.15) is 0 Å². The summed E-state index contributed by atoms with van der Waals surface area (Å²) >= 11 is 1.80. The van der Waals surface area contributed by atoms with Gasteiger partial charge in [-0.15, -0.1) is 0 Å². The van der Waals surface area contributed by atoms with Crippen LogP contribution in [-0.4, -0.2) is 135 Å². The van der Waals surface area contributed by atoms with E-state index in [0.29, 0.717) is 36.9 Å². The summed E-state index contributed by atoms with van der Waals surface area (Å²) in [5.74, 6) is -0.458. The molecular weight excluding hydrogens is 854 g/mol. The van der Waals surface area contributed by atoms with Crippen molar-refractivity contribution in [3.05, 3.63) is 123 Å². The minimum atomic E-state index is -1.26. The van der Waals surface area contributed by atoms with E-state index in [2.05, 4.69) is 68.4 Å². The molecular formula is C48H56FN7O8S. The van der Waals surface area contributed by atoms with Crippen LogP contribution in [0.3, 0.4) is 0 Å². The topological polar surface area (TPSA) is 187 Å². The number of benzene rings is 3. The van der Waals surface area contributed by atoms with Gasteiger partial charge >= 0.3 is 11.9 Å². The van der Waals surface area contributed by atoms with Gasteiger partial charge in [0.25, 0.3) is 5.56 Å². The van der Waals surface area contributed by atoms with Crippen LogP contribution in [0.2, 0.25) is 0 Å². The first-order valence-electron chi connectivity index (χ1n) is 22.2. The first kappa shape index (κ1) is 47.2. The molecule has 3 N–H and O–H groups in total. The summed E-state index contributed by atoms with van der Waals surface area (Å²) < 4.78 is 26.0. The molecule has 0 radical (unpaired) electrons. The molecule has 4 aliphatic heterocycles. The van der Waals surface area contributed by atoms with Crippen LogP contribution < -0.4 is 5.56 Å². The number of carboxylic acids is 2. The maximum Gasteiger partial charge on any atom is 0.328 e. The molecule has 0 saturated carbocycles. The van der Waals surface area contributed by atoms with E-state index in [0.717, 1.165) is 137 Å². The fourth-order valence-electron chi connectivity index (χ4n) is 8.54. The van der Waals surface area contributed by atoms with Crippen molar-refractivity contribution in [1.82, 2.24) is 29.4 Å².